The van der Waals surface area contributed by atoms with E-state index in [1.807, 2.05) is 13.0 Å². The Hall–Kier alpha value is -1.55. The number of aromatic nitrogens is 1. The molecule has 0 aliphatic rings. The minimum absolute atomic E-state index is 0. The third-order valence-corrected chi connectivity index (χ3v) is 4.05. The van der Waals surface area contributed by atoms with Crippen LogP contribution in [-0.4, -0.2) is 29.3 Å². The molecule has 0 amide bonds. The van der Waals surface area contributed by atoms with Crippen molar-refractivity contribution in [1.82, 2.24) is 15.8 Å². The summed E-state index contributed by atoms with van der Waals surface area (Å²) in [5, 5.41) is 20.5. The van der Waals surface area contributed by atoms with Gasteiger partial charge in [-0.15, -0.1) is 24.0 Å². The van der Waals surface area contributed by atoms with Crippen LogP contribution in [0.25, 0.3) is 0 Å². The van der Waals surface area contributed by atoms with Crippen molar-refractivity contribution in [3.8, 4) is 0 Å². The molecular weight excluding hydrogens is 447 g/mol. The van der Waals surface area contributed by atoms with Crippen molar-refractivity contribution in [2.45, 2.75) is 52.2 Å². The van der Waals surface area contributed by atoms with E-state index in [-0.39, 0.29) is 24.0 Å². The molecule has 1 atom stereocenters. The Kier molecular flexibility index (Phi) is 10.3. The zero-order valence-electron chi connectivity index (χ0n) is 15.6. The molecule has 3 N–H and O–H groups in total. The molecule has 146 valence electrons. The lowest BCUT2D eigenvalue weighted by Crippen LogP contribution is -2.39. The molecule has 2 rings (SSSR count). The Labute approximate surface area is 171 Å². The summed E-state index contributed by atoms with van der Waals surface area (Å²) in [5.74, 6) is 2.28. The quantitative estimate of drug-likeness (QED) is 0.291. The van der Waals surface area contributed by atoms with E-state index in [4.69, 9.17) is 8.94 Å². The van der Waals surface area contributed by atoms with Gasteiger partial charge in [0.1, 0.15) is 18.4 Å². The highest BCUT2D eigenvalue weighted by Crippen LogP contribution is 2.22. The molecule has 0 fully saturated rings. The third kappa shape index (κ3) is 6.64. The Morgan fingerprint density at radius 2 is 2.04 bits per heavy atom. The van der Waals surface area contributed by atoms with Crippen LogP contribution in [-0.2, 0) is 6.54 Å². The number of nitrogens with one attached hydrogen (secondary N) is 2. The molecule has 8 heteroatoms. The first-order valence-corrected chi connectivity index (χ1v) is 8.86. The van der Waals surface area contributed by atoms with Gasteiger partial charge in [0.05, 0.1) is 18.5 Å². The van der Waals surface area contributed by atoms with E-state index in [0.29, 0.717) is 30.7 Å². The smallest absolute Gasteiger partial charge is 0.191 e. The topological polar surface area (TPSA) is 95.8 Å². The number of aliphatic hydroxyl groups is 1. The minimum Gasteiger partial charge on any atom is -0.467 e. The molecule has 0 spiro atoms. The summed E-state index contributed by atoms with van der Waals surface area (Å²) in [6.45, 7) is 7.70. The van der Waals surface area contributed by atoms with E-state index >= 15 is 0 Å². The molecule has 26 heavy (non-hydrogen) atoms. The average Bonchev–Trinajstić information content (AvgIpc) is 3.30. The van der Waals surface area contributed by atoms with Crippen LogP contribution < -0.4 is 10.6 Å². The third-order valence-electron chi connectivity index (χ3n) is 4.05. The molecule has 0 saturated carbocycles. The summed E-state index contributed by atoms with van der Waals surface area (Å²) in [6, 6.07) is 5.46. The number of aliphatic hydroxyl groups excluding tert-OH is 1. The number of hydrogen-bond acceptors (Lipinski definition) is 5. The summed E-state index contributed by atoms with van der Waals surface area (Å²) in [7, 11) is 0. The van der Waals surface area contributed by atoms with Gasteiger partial charge in [0.25, 0.3) is 0 Å². The van der Waals surface area contributed by atoms with Gasteiger partial charge in [-0.05, 0) is 31.9 Å². The van der Waals surface area contributed by atoms with Crippen LogP contribution in [0.2, 0.25) is 0 Å². The lowest BCUT2D eigenvalue weighted by atomic mass is 9.99. The monoisotopic (exact) mass is 476 g/mol. The van der Waals surface area contributed by atoms with E-state index in [2.05, 4.69) is 34.6 Å². The largest absolute Gasteiger partial charge is 0.467 e. The van der Waals surface area contributed by atoms with Crippen molar-refractivity contribution < 1.29 is 14.0 Å². The second kappa shape index (κ2) is 11.9. The van der Waals surface area contributed by atoms with E-state index in [9.17, 15) is 5.11 Å². The molecule has 2 heterocycles. The Balaban J connectivity index is 0.00000338. The SMILES string of the molecule is CCNC(=NCc1cc(C(CC)CC)no1)NCC(O)c1ccco1.I. The Morgan fingerprint density at radius 1 is 1.27 bits per heavy atom. The van der Waals surface area contributed by atoms with Gasteiger partial charge in [-0.2, -0.15) is 0 Å². The molecule has 0 radical (unpaired) electrons. The van der Waals surface area contributed by atoms with Gasteiger partial charge in [0.2, 0.25) is 0 Å². The van der Waals surface area contributed by atoms with Crippen LogP contribution in [0.4, 0.5) is 0 Å². The number of hydrogen-bond donors (Lipinski definition) is 3. The highest BCUT2D eigenvalue weighted by Gasteiger charge is 2.13. The number of rotatable bonds is 9. The van der Waals surface area contributed by atoms with Gasteiger partial charge >= 0.3 is 0 Å². The molecular formula is C18H29IN4O3. The van der Waals surface area contributed by atoms with E-state index in [1.165, 1.54) is 0 Å². The van der Waals surface area contributed by atoms with Crippen molar-refractivity contribution in [2.75, 3.05) is 13.1 Å². The number of guanidine groups is 1. The molecule has 2 aromatic rings. The number of halogens is 1. The zero-order valence-corrected chi connectivity index (χ0v) is 17.9. The highest BCUT2D eigenvalue weighted by molar-refractivity contribution is 14.0. The fourth-order valence-corrected chi connectivity index (χ4v) is 2.58. The lowest BCUT2D eigenvalue weighted by Gasteiger charge is -2.13. The van der Waals surface area contributed by atoms with Crippen molar-refractivity contribution in [3.05, 3.63) is 41.7 Å². The standard InChI is InChI=1S/C18H28N4O3.HI/c1-4-13(5-2)15-10-14(25-22-15)11-20-18(19-6-3)21-12-16(23)17-8-7-9-24-17;/h7-10,13,16,23H,4-6,11-12H2,1-3H3,(H2,19,20,21);1H. The van der Waals surface area contributed by atoms with Gasteiger partial charge in [-0.1, -0.05) is 19.0 Å². The van der Waals surface area contributed by atoms with Gasteiger partial charge in [0, 0.05) is 18.5 Å². The number of furan rings is 1. The van der Waals surface area contributed by atoms with Crippen molar-refractivity contribution in [3.63, 3.8) is 0 Å². The molecule has 0 saturated heterocycles. The predicted molar refractivity (Wildman–Crippen MR) is 112 cm³/mol. The molecule has 0 bridgehead atoms. The summed E-state index contributed by atoms with van der Waals surface area (Å²) in [6.07, 6.45) is 2.89. The molecule has 0 aromatic carbocycles. The van der Waals surface area contributed by atoms with Crippen molar-refractivity contribution in [1.29, 1.82) is 0 Å². The van der Waals surface area contributed by atoms with E-state index < -0.39 is 6.10 Å². The zero-order chi connectivity index (χ0) is 18.1. The van der Waals surface area contributed by atoms with Gasteiger partial charge < -0.3 is 24.7 Å². The Bertz CT molecular complexity index is 639. The minimum atomic E-state index is -0.731. The molecule has 2 aromatic heterocycles. The van der Waals surface area contributed by atoms with Crippen LogP contribution in [0.5, 0.6) is 0 Å². The molecule has 7 nitrogen and oxygen atoms in total. The van der Waals surface area contributed by atoms with E-state index in [0.717, 1.165) is 30.8 Å². The van der Waals surface area contributed by atoms with Crippen molar-refractivity contribution in [2.24, 2.45) is 4.99 Å². The predicted octanol–water partition coefficient (Wildman–Crippen LogP) is 3.58. The fraction of sp³-hybridized carbons (Fsp3) is 0.556. The first-order valence-electron chi connectivity index (χ1n) is 8.86. The molecule has 1 unspecified atom stereocenters. The Morgan fingerprint density at radius 3 is 2.65 bits per heavy atom. The summed E-state index contributed by atoms with van der Waals surface area (Å²) < 4.78 is 10.6. The normalized spacial score (nSPS) is 12.7. The summed E-state index contributed by atoms with van der Waals surface area (Å²) in [5.41, 5.74) is 0.987. The fourth-order valence-electron chi connectivity index (χ4n) is 2.58. The van der Waals surface area contributed by atoms with Crippen LogP contribution in [0.1, 0.15) is 62.8 Å². The van der Waals surface area contributed by atoms with Crippen LogP contribution in [0.15, 0.2) is 38.4 Å². The maximum Gasteiger partial charge on any atom is 0.191 e. The van der Waals surface area contributed by atoms with Crippen LogP contribution >= 0.6 is 24.0 Å². The van der Waals surface area contributed by atoms with Crippen molar-refractivity contribution >= 4 is 29.9 Å². The highest BCUT2D eigenvalue weighted by atomic mass is 127. The van der Waals surface area contributed by atoms with Crippen LogP contribution in [0, 0.1) is 0 Å². The first-order chi connectivity index (χ1) is 12.2. The first kappa shape index (κ1) is 22.5. The van der Waals surface area contributed by atoms with Gasteiger partial charge in [0.15, 0.2) is 11.7 Å². The second-order valence-corrected chi connectivity index (χ2v) is 5.84. The number of aliphatic imine (C=N–C) groups is 1. The van der Waals surface area contributed by atoms with Gasteiger partial charge in [-0.25, -0.2) is 4.99 Å². The van der Waals surface area contributed by atoms with Gasteiger partial charge in [-0.3, -0.25) is 0 Å². The lowest BCUT2D eigenvalue weighted by molar-refractivity contribution is 0.153. The molecule has 0 aliphatic heterocycles. The number of nitrogens with zero attached hydrogens (tertiary/aromatic N) is 2. The maximum absolute atomic E-state index is 10.1. The van der Waals surface area contributed by atoms with E-state index in [1.54, 1.807) is 18.4 Å². The summed E-state index contributed by atoms with van der Waals surface area (Å²) >= 11 is 0. The average molecular weight is 476 g/mol. The molecule has 0 aliphatic carbocycles. The summed E-state index contributed by atoms with van der Waals surface area (Å²) in [4.78, 5) is 4.48. The second-order valence-electron chi connectivity index (χ2n) is 5.84. The maximum atomic E-state index is 10.1. The van der Waals surface area contributed by atoms with Crippen LogP contribution in [0.3, 0.4) is 0 Å².